The fourth-order valence-electron chi connectivity index (χ4n) is 1.75. The molecule has 20 heavy (non-hydrogen) atoms. The van der Waals surface area contributed by atoms with E-state index in [0.29, 0.717) is 12.0 Å². The van der Waals surface area contributed by atoms with Crippen LogP contribution in [0.15, 0.2) is 18.2 Å². The summed E-state index contributed by atoms with van der Waals surface area (Å²) in [4.78, 5) is 23.0. The normalized spacial score (nSPS) is 13.6. The molecule has 4 nitrogen and oxygen atoms in total. The van der Waals surface area contributed by atoms with Crippen molar-refractivity contribution < 1.29 is 19.1 Å². The number of halogens is 2. The van der Waals surface area contributed by atoms with Crippen LogP contribution in [-0.4, -0.2) is 23.0 Å². The van der Waals surface area contributed by atoms with Gasteiger partial charge in [-0.25, -0.2) is 9.18 Å². The number of hydrogen-bond acceptors (Lipinski definition) is 2. The lowest BCUT2D eigenvalue weighted by atomic mass is 9.99. The quantitative estimate of drug-likeness (QED) is 0.849. The predicted octanol–water partition coefficient (Wildman–Crippen LogP) is 2.64. The third-order valence-electron chi connectivity index (χ3n) is 3.16. The molecule has 0 fully saturated rings. The van der Waals surface area contributed by atoms with Gasteiger partial charge in [0.05, 0.1) is 6.42 Å². The average Bonchev–Trinajstić information content (AvgIpc) is 2.38. The molecular formula is C14H17ClFNO3. The number of nitrogens with one attached hydrogen (secondary N) is 1. The summed E-state index contributed by atoms with van der Waals surface area (Å²) in [5.74, 6) is -2.19. The van der Waals surface area contributed by atoms with Gasteiger partial charge in [0, 0.05) is 5.02 Å². The molecule has 1 amide bonds. The van der Waals surface area contributed by atoms with Crippen molar-refractivity contribution in [2.45, 2.75) is 32.7 Å². The van der Waals surface area contributed by atoms with E-state index in [1.54, 1.807) is 6.92 Å². The Morgan fingerprint density at radius 3 is 2.60 bits per heavy atom. The first-order valence-electron chi connectivity index (χ1n) is 6.31. The number of rotatable bonds is 6. The number of hydrogen-bond donors (Lipinski definition) is 2. The summed E-state index contributed by atoms with van der Waals surface area (Å²) in [6, 6.07) is 2.80. The maximum atomic E-state index is 12.9. The highest BCUT2D eigenvalue weighted by Gasteiger charge is 2.25. The van der Waals surface area contributed by atoms with Gasteiger partial charge in [0.2, 0.25) is 5.91 Å². The number of carboxylic acid groups (broad SMARTS) is 1. The molecule has 0 aliphatic carbocycles. The third-order valence-corrected chi connectivity index (χ3v) is 3.51. The van der Waals surface area contributed by atoms with Crippen molar-refractivity contribution in [3.05, 3.63) is 34.6 Å². The molecule has 0 aliphatic rings. The van der Waals surface area contributed by atoms with Gasteiger partial charge in [-0.1, -0.05) is 37.9 Å². The van der Waals surface area contributed by atoms with E-state index in [9.17, 15) is 14.0 Å². The Morgan fingerprint density at radius 2 is 2.10 bits per heavy atom. The van der Waals surface area contributed by atoms with Crippen LogP contribution < -0.4 is 5.32 Å². The second-order valence-corrected chi connectivity index (χ2v) is 5.09. The van der Waals surface area contributed by atoms with Crippen molar-refractivity contribution in [2.24, 2.45) is 5.92 Å². The Labute approximate surface area is 121 Å². The van der Waals surface area contributed by atoms with Crippen LogP contribution in [0.25, 0.3) is 0 Å². The maximum absolute atomic E-state index is 12.9. The molecule has 1 rings (SSSR count). The summed E-state index contributed by atoms with van der Waals surface area (Å²) in [6.07, 6.45) is 0.549. The summed E-state index contributed by atoms with van der Waals surface area (Å²) in [6.45, 7) is 3.60. The Morgan fingerprint density at radius 1 is 1.45 bits per heavy atom. The standard InChI is InChI=1S/C14H17ClFNO3/c1-3-8(2)13(14(19)20)17-12(18)6-9-4-5-10(16)7-11(9)15/h4-5,7-8,13H,3,6H2,1-2H3,(H,17,18)(H,19,20)/t8-,13-/m0/s1. The fourth-order valence-corrected chi connectivity index (χ4v) is 1.98. The molecule has 0 aromatic heterocycles. The average molecular weight is 302 g/mol. The lowest BCUT2D eigenvalue weighted by molar-refractivity contribution is -0.143. The van der Waals surface area contributed by atoms with Crippen molar-refractivity contribution >= 4 is 23.5 Å². The van der Waals surface area contributed by atoms with E-state index >= 15 is 0 Å². The molecule has 6 heteroatoms. The number of aliphatic carboxylic acids is 1. The Bertz CT molecular complexity index is 507. The topological polar surface area (TPSA) is 66.4 Å². The van der Waals surface area contributed by atoms with E-state index in [4.69, 9.17) is 16.7 Å². The van der Waals surface area contributed by atoms with E-state index in [1.807, 2.05) is 6.92 Å². The molecule has 0 saturated carbocycles. The van der Waals surface area contributed by atoms with Gasteiger partial charge in [0.25, 0.3) is 0 Å². The van der Waals surface area contributed by atoms with Crippen LogP contribution in [0.3, 0.4) is 0 Å². The molecule has 0 aliphatic heterocycles. The first-order valence-corrected chi connectivity index (χ1v) is 6.69. The van der Waals surface area contributed by atoms with E-state index in [2.05, 4.69) is 5.32 Å². The molecule has 1 aromatic rings. The molecule has 2 N–H and O–H groups in total. The molecule has 110 valence electrons. The van der Waals surface area contributed by atoms with Crippen LogP contribution in [0.4, 0.5) is 4.39 Å². The summed E-state index contributed by atoms with van der Waals surface area (Å²) in [5, 5.41) is 11.7. The fraction of sp³-hybridized carbons (Fsp3) is 0.429. The molecule has 2 atom stereocenters. The minimum atomic E-state index is -1.07. The highest BCUT2D eigenvalue weighted by Crippen LogP contribution is 2.18. The van der Waals surface area contributed by atoms with Crippen LogP contribution >= 0.6 is 11.6 Å². The highest BCUT2D eigenvalue weighted by molar-refractivity contribution is 6.31. The maximum Gasteiger partial charge on any atom is 0.326 e. The highest BCUT2D eigenvalue weighted by atomic mass is 35.5. The van der Waals surface area contributed by atoms with Gasteiger partial charge in [-0.2, -0.15) is 0 Å². The van der Waals surface area contributed by atoms with Crippen molar-refractivity contribution in [1.29, 1.82) is 0 Å². The molecule has 0 saturated heterocycles. The first-order chi connectivity index (χ1) is 9.35. The van der Waals surface area contributed by atoms with Crippen LogP contribution in [-0.2, 0) is 16.0 Å². The molecule has 0 radical (unpaired) electrons. The minimum Gasteiger partial charge on any atom is -0.480 e. The van der Waals surface area contributed by atoms with E-state index in [-0.39, 0.29) is 17.4 Å². The first kappa shape index (κ1) is 16.4. The van der Waals surface area contributed by atoms with E-state index in [1.165, 1.54) is 12.1 Å². The number of amides is 1. The van der Waals surface area contributed by atoms with E-state index in [0.717, 1.165) is 6.07 Å². The van der Waals surface area contributed by atoms with Crippen molar-refractivity contribution in [2.75, 3.05) is 0 Å². The zero-order valence-corrected chi connectivity index (χ0v) is 12.1. The molecule has 0 unspecified atom stereocenters. The van der Waals surface area contributed by atoms with Crippen molar-refractivity contribution in [3.63, 3.8) is 0 Å². The smallest absolute Gasteiger partial charge is 0.326 e. The summed E-state index contributed by atoms with van der Waals surface area (Å²) < 4.78 is 12.9. The lowest BCUT2D eigenvalue weighted by Crippen LogP contribution is -2.45. The third kappa shape index (κ3) is 4.49. The van der Waals surface area contributed by atoms with Crippen LogP contribution in [0, 0.1) is 11.7 Å². The zero-order chi connectivity index (χ0) is 15.3. The van der Waals surface area contributed by atoms with Crippen LogP contribution in [0.2, 0.25) is 5.02 Å². The number of carbonyl (C=O) groups is 2. The molecule has 0 heterocycles. The Balaban J connectivity index is 2.73. The summed E-state index contributed by atoms with van der Waals surface area (Å²) in [7, 11) is 0. The number of carboxylic acids is 1. The monoisotopic (exact) mass is 301 g/mol. The minimum absolute atomic E-state index is 0.0840. The van der Waals surface area contributed by atoms with Crippen LogP contribution in [0.1, 0.15) is 25.8 Å². The van der Waals surface area contributed by atoms with Crippen molar-refractivity contribution in [1.82, 2.24) is 5.32 Å². The van der Waals surface area contributed by atoms with Gasteiger partial charge in [-0.3, -0.25) is 4.79 Å². The van der Waals surface area contributed by atoms with Gasteiger partial charge in [-0.15, -0.1) is 0 Å². The molecule has 0 bridgehead atoms. The van der Waals surface area contributed by atoms with Gasteiger partial charge < -0.3 is 10.4 Å². The SMILES string of the molecule is CC[C@H](C)[C@H](NC(=O)Cc1ccc(F)cc1Cl)C(=O)O. The second-order valence-electron chi connectivity index (χ2n) is 4.68. The van der Waals surface area contributed by atoms with Gasteiger partial charge >= 0.3 is 5.97 Å². The molecular weight excluding hydrogens is 285 g/mol. The number of benzene rings is 1. The molecule has 1 aromatic carbocycles. The van der Waals surface area contributed by atoms with Gasteiger partial charge in [0.1, 0.15) is 11.9 Å². The zero-order valence-electron chi connectivity index (χ0n) is 11.3. The largest absolute Gasteiger partial charge is 0.480 e. The van der Waals surface area contributed by atoms with Crippen molar-refractivity contribution in [3.8, 4) is 0 Å². The van der Waals surface area contributed by atoms with E-state index < -0.39 is 23.7 Å². The summed E-state index contributed by atoms with van der Waals surface area (Å²) >= 11 is 5.83. The second kappa shape index (κ2) is 7.24. The molecule has 0 spiro atoms. The lowest BCUT2D eigenvalue weighted by Gasteiger charge is -2.20. The van der Waals surface area contributed by atoms with Gasteiger partial charge in [-0.05, 0) is 23.6 Å². The Kier molecular flexibility index (Phi) is 5.95. The van der Waals surface area contributed by atoms with Crippen LogP contribution in [0.5, 0.6) is 0 Å². The Hall–Kier alpha value is -1.62. The predicted molar refractivity (Wildman–Crippen MR) is 74.1 cm³/mol. The summed E-state index contributed by atoms with van der Waals surface area (Å²) in [5.41, 5.74) is 0.457. The van der Waals surface area contributed by atoms with Gasteiger partial charge in [0.15, 0.2) is 0 Å². The number of carbonyl (C=O) groups excluding carboxylic acids is 1.